The van der Waals surface area contributed by atoms with E-state index in [2.05, 4.69) is 26.0 Å². The first-order valence-electron chi connectivity index (χ1n) is 8.51. The van der Waals surface area contributed by atoms with Gasteiger partial charge in [-0.15, -0.1) is 5.10 Å². The third kappa shape index (κ3) is 3.58. The summed E-state index contributed by atoms with van der Waals surface area (Å²) >= 11 is 4.72. The number of thiazole rings is 1. The molecule has 2 heterocycles. The molecule has 0 bridgehead atoms. The van der Waals surface area contributed by atoms with Crippen molar-refractivity contribution in [2.45, 2.75) is 0 Å². The first-order valence-corrected chi connectivity index (χ1v) is 10.1. The van der Waals surface area contributed by atoms with Gasteiger partial charge in [-0.05, 0) is 35.9 Å². The van der Waals surface area contributed by atoms with Crippen LogP contribution < -0.4 is 24.3 Å². The number of rotatable bonds is 5. The Bertz CT molecular complexity index is 1290. The van der Waals surface area contributed by atoms with Crippen LogP contribution in [0.15, 0.2) is 45.7 Å². The minimum Gasteiger partial charge on any atom is -0.493 e. The number of halogens is 1. The molecule has 0 saturated heterocycles. The van der Waals surface area contributed by atoms with Crippen molar-refractivity contribution in [3.05, 3.63) is 61.3 Å². The normalized spacial score (nSPS) is 11.8. The predicted octanol–water partition coefficient (Wildman–Crippen LogP) is 3.15. The maximum atomic E-state index is 12.8. The van der Waals surface area contributed by atoms with Crippen LogP contribution in [0.1, 0.15) is 5.56 Å². The molecule has 0 aliphatic carbocycles. The quantitative estimate of drug-likeness (QED) is 0.443. The summed E-state index contributed by atoms with van der Waals surface area (Å²) in [4.78, 5) is 17.8. The summed E-state index contributed by atoms with van der Waals surface area (Å²) in [6, 6.07) is 11.2. The van der Waals surface area contributed by atoms with E-state index < -0.39 is 0 Å². The molecule has 0 spiro atoms. The Hall–Kier alpha value is -2.91. The van der Waals surface area contributed by atoms with E-state index >= 15 is 0 Å². The molecule has 0 saturated carbocycles. The number of aromatic nitrogens is 3. The lowest BCUT2D eigenvalue weighted by atomic mass is 10.1. The summed E-state index contributed by atoms with van der Waals surface area (Å²) in [6.45, 7) is 0. The van der Waals surface area contributed by atoms with E-state index in [1.54, 1.807) is 26.4 Å². The second kappa shape index (κ2) is 7.84. The third-order valence-corrected chi connectivity index (χ3v) is 5.70. The summed E-state index contributed by atoms with van der Waals surface area (Å²) in [5, 5.41) is 4.39. The fourth-order valence-corrected chi connectivity index (χ4v) is 4.24. The van der Waals surface area contributed by atoms with Gasteiger partial charge in [0.05, 0.1) is 25.9 Å². The summed E-state index contributed by atoms with van der Waals surface area (Å²) in [5.74, 6) is 1.87. The van der Waals surface area contributed by atoms with Gasteiger partial charge in [-0.3, -0.25) is 4.79 Å². The Morgan fingerprint density at radius 1 is 1.07 bits per heavy atom. The van der Waals surface area contributed by atoms with Gasteiger partial charge in [0, 0.05) is 10.0 Å². The second-order valence-electron chi connectivity index (χ2n) is 6.01. The maximum absolute atomic E-state index is 12.8. The van der Waals surface area contributed by atoms with Gasteiger partial charge in [0.2, 0.25) is 10.7 Å². The second-order valence-corrected chi connectivity index (χ2v) is 7.94. The molecule has 9 heteroatoms. The standard InChI is InChI=1S/C20H16BrN3O4S/c1-26-14-9-12(10-15(27-2)17(14)28-3)18-22-20-24(23-18)19(25)16(29-20)8-11-5-4-6-13(21)7-11/h4-10H,1-3H3. The van der Waals surface area contributed by atoms with Gasteiger partial charge in [0.25, 0.3) is 5.56 Å². The van der Waals surface area contributed by atoms with Crippen molar-refractivity contribution in [1.82, 2.24) is 14.6 Å². The first-order chi connectivity index (χ1) is 14.0. The minimum atomic E-state index is -0.212. The molecule has 0 atom stereocenters. The fraction of sp³-hybridized carbons (Fsp3) is 0.150. The number of hydrogen-bond acceptors (Lipinski definition) is 7. The molecule has 4 rings (SSSR count). The molecule has 7 nitrogen and oxygen atoms in total. The zero-order chi connectivity index (χ0) is 20.5. The molecule has 0 unspecified atom stereocenters. The van der Waals surface area contributed by atoms with Gasteiger partial charge in [-0.1, -0.05) is 39.4 Å². The number of hydrogen-bond donors (Lipinski definition) is 0. The summed E-state index contributed by atoms with van der Waals surface area (Å²) in [5.41, 5.74) is 1.37. The van der Waals surface area contributed by atoms with E-state index in [-0.39, 0.29) is 5.56 Å². The SMILES string of the molecule is COc1cc(-c2nc3sc(=Cc4cccc(Br)c4)c(=O)n3n2)cc(OC)c1OC. The largest absolute Gasteiger partial charge is 0.493 e. The van der Waals surface area contributed by atoms with E-state index in [1.165, 1.54) is 23.0 Å². The van der Waals surface area contributed by atoms with Crippen molar-refractivity contribution in [2.75, 3.05) is 21.3 Å². The van der Waals surface area contributed by atoms with Crippen LogP contribution in [0.25, 0.3) is 22.4 Å². The molecular weight excluding hydrogens is 458 g/mol. The van der Waals surface area contributed by atoms with Crippen molar-refractivity contribution in [3.63, 3.8) is 0 Å². The van der Waals surface area contributed by atoms with Crippen molar-refractivity contribution < 1.29 is 14.2 Å². The molecule has 148 valence electrons. The zero-order valence-corrected chi connectivity index (χ0v) is 18.2. The lowest BCUT2D eigenvalue weighted by Crippen LogP contribution is -2.23. The Morgan fingerprint density at radius 2 is 1.79 bits per heavy atom. The highest BCUT2D eigenvalue weighted by Crippen LogP contribution is 2.40. The van der Waals surface area contributed by atoms with Crippen LogP contribution in [-0.4, -0.2) is 35.9 Å². The fourth-order valence-electron chi connectivity index (χ4n) is 2.91. The number of benzene rings is 2. The van der Waals surface area contributed by atoms with Gasteiger partial charge in [0.15, 0.2) is 17.3 Å². The molecule has 4 aromatic rings. The average molecular weight is 474 g/mol. The molecule has 0 radical (unpaired) electrons. The van der Waals surface area contributed by atoms with E-state index in [9.17, 15) is 4.79 Å². The number of ether oxygens (including phenoxy) is 3. The highest BCUT2D eigenvalue weighted by Gasteiger charge is 2.18. The molecule has 0 aliphatic rings. The van der Waals surface area contributed by atoms with E-state index in [1.807, 2.05) is 30.3 Å². The Balaban J connectivity index is 1.81. The van der Waals surface area contributed by atoms with Gasteiger partial charge in [0.1, 0.15) is 0 Å². The van der Waals surface area contributed by atoms with Gasteiger partial charge >= 0.3 is 0 Å². The smallest absolute Gasteiger partial charge is 0.291 e. The van der Waals surface area contributed by atoms with Gasteiger partial charge in [-0.25, -0.2) is 0 Å². The van der Waals surface area contributed by atoms with Crippen LogP contribution in [0.2, 0.25) is 0 Å². The van der Waals surface area contributed by atoms with Crippen molar-refractivity contribution >= 4 is 38.3 Å². The summed E-state index contributed by atoms with van der Waals surface area (Å²) in [7, 11) is 4.62. The van der Waals surface area contributed by atoms with Crippen LogP contribution in [-0.2, 0) is 0 Å². The van der Waals surface area contributed by atoms with Crippen molar-refractivity contribution in [1.29, 1.82) is 0 Å². The highest BCUT2D eigenvalue weighted by atomic mass is 79.9. The van der Waals surface area contributed by atoms with Crippen molar-refractivity contribution in [2.24, 2.45) is 0 Å². The van der Waals surface area contributed by atoms with E-state index in [0.717, 1.165) is 10.0 Å². The van der Waals surface area contributed by atoms with Crippen LogP contribution in [0, 0.1) is 0 Å². The number of methoxy groups -OCH3 is 3. The van der Waals surface area contributed by atoms with Crippen molar-refractivity contribution in [3.8, 4) is 28.6 Å². The van der Waals surface area contributed by atoms with Gasteiger partial charge < -0.3 is 14.2 Å². The molecule has 29 heavy (non-hydrogen) atoms. The lowest BCUT2D eigenvalue weighted by molar-refractivity contribution is 0.324. The number of fused-ring (bicyclic) bond motifs is 1. The first kappa shape index (κ1) is 19.4. The summed E-state index contributed by atoms with van der Waals surface area (Å²) in [6.07, 6.45) is 1.83. The van der Waals surface area contributed by atoms with Crippen LogP contribution in [0.5, 0.6) is 17.2 Å². The van der Waals surface area contributed by atoms with E-state index in [4.69, 9.17) is 14.2 Å². The molecule has 0 N–H and O–H groups in total. The third-order valence-electron chi connectivity index (χ3n) is 4.25. The Labute approximate surface area is 178 Å². The highest BCUT2D eigenvalue weighted by molar-refractivity contribution is 9.10. The summed E-state index contributed by atoms with van der Waals surface area (Å²) < 4.78 is 18.9. The molecule has 2 aromatic carbocycles. The molecule has 0 amide bonds. The molecular formula is C20H16BrN3O4S. The monoisotopic (exact) mass is 473 g/mol. The predicted molar refractivity (Wildman–Crippen MR) is 115 cm³/mol. The van der Waals surface area contributed by atoms with Crippen LogP contribution in [0.3, 0.4) is 0 Å². The zero-order valence-electron chi connectivity index (χ0n) is 15.8. The van der Waals surface area contributed by atoms with E-state index in [0.29, 0.717) is 38.1 Å². The van der Waals surface area contributed by atoms with Crippen LogP contribution >= 0.6 is 27.3 Å². The van der Waals surface area contributed by atoms with Gasteiger partial charge in [-0.2, -0.15) is 9.50 Å². The lowest BCUT2D eigenvalue weighted by Gasteiger charge is -2.12. The minimum absolute atomic E-state index is 0.212. The molecule has 2 aromatic heterocycles. The average Bonchev–Trinajstić information content (AvgIpc) is 3.26. The Kier molecular flexibility index (Phi) is 5.25. The van der Waals surface area contributed by atoms with Crippen LogP contribution in [0.4, 0.5) is 0 Å². The topological polar surface area (TPSA) is 75.0 Å². The molecule has 0 fully saturated rings. The molecule has 0 aliphatic heterocycles. The number of nitrogens with zero attached hydrogens (tertiary/aromatic N) is 3. The Morgan fingerprint density at radius 3 is 2.38 bits per heavy atom. The maximum Gasteiger partial charge on any atom is 0.291 e.